The molecule has 0 radical (unpaired) electrons. The van der Waals surface area contributed by atoms with Crippen molar-refractivity contribution in [1.82, 2.24) is 10.0 Å². The van der Waals surface area contributed by atoms with E-state index in [4.69, 9.17) is 0 Å². The van der Waals surface area contributed by atoms with Crippen LogP contribution in [0.25, 0.3) is 0 Å². The van der Waals surface area contributed by atoms with E-state index >= 15 is 0 Å². The SMILES string of the molecule is Cl.O=S(=O)(NCC1CCNC1)c1ccc(Br)s1. The first-order valence-corrected chi connectivity index (χ1v) is 8.13. The summed E-state index contributed by atoms with van der Waals surface area (Å²) in [7, 11) is -3.32. The monoisotopic (exact) mass is 360 g/mol. The molecule has 1 aliphatic rings. The Labute approximate surface area is 120 Å². The molecule has 1 atom stereocenters. The molecule has 0 amide bonds. The summed E-state index contributed by atoms with van der Waals surface area (Å²) in [6, 6.07) is 3.36. The second-order valence-electron chi connectivity index (χ2n) is 3.77. The van der Waals surface area contributed by atoms with E-state index in [1.165, 1.54) is 11.3 Å². The zero-order valence-corrected chi connectivity index (χ0v) is 13.0. The van der Waals surface area contributed by atoms with Crippen LogP contribution in [0.15, 0.2) is 20.1 Å². The highest BCUT2D eigenvalue weighted by Crippen LogP contribution is 2.25. The van der Waals surface area contributed by atoms with Gasteiger partial charge in [0, 0.05) is 6.54 Å². The normalized spacial score (nSPS) is 20.2. The summed E-state index contributed by atoms with van der Waals surface area (Å²) in [4.78, 5) is 0. The second kappa shape index (κ2) is 6.49. The Hall–Kier alpha value is 0.340. The van der Waals surface area contributed by atoms with Gasteiger partial charge in [-0.15, -0.1) is 23.7 Å². The van der Waals surface area contributed by atoms with Gasteiger partial charge >= 0.3 is 0 Å². The van der Waals surface area contributed by atoms with E-state index in [1.807, 2.05) is 0 Å². The fraction of sp³-hybridized carbons (Fsp3) is 0.556. The van der Waals surface area contributed by atoms with Gasteiger partial charge < -0.3 is 5.32 Å². The van der Waals surface area contributed by atoms with E-state index in [1.54, 1.807) is 12.1 Å². The number of nitrogens with one attached hydrogen (secondary N) is 2. The molecule has 4 nitrogen and oxygen atoms in total. The molecule has 1 fully saturated rings. The molecule has 0 bridgehead atoms. The average Bonchev–Trinajstić information content (AvgIpc) is 2.85. The lowest BCUT2D eigenvalue weighted by Gasteiger charge is -2.09. The van der Waals surface area contributed by atoms with Crippen molar-refractivity contribution < 1.29 is 8.42 Å². The van der Waals surface area contributed by atoms with Gasteiger partial charge in [-0.2, -0.15) is 0 Å². The number of halogens is 2. The molecule has 1 aromatic heterocycles. The molecule has 0 saturated carbocycles. The highest BCUT2D eigenvalue weighted by atomic mass is 79.9. The molecule has 1 aliphatic heterocycles. The Morgan fingerprint density at radius 3 is 2.82 bits per heavy atom. The number of hydrogen-bond donors (Lipinski definition) is 2. The van der Waals surface area contributed by atoms with Crippen molar-refractivity contribution in [3.63, 3.8) is 0 Å². The highest BCUT2D eigenvalue weighted by molar-refractivity contribution is 9.11. The van der Waals surface area contributed by atoms with Gasteiger partial charge in [0.15, 0.2) is 0 Å². The summed E-state index contributed by atoms with van der Waals surface area (Å²) in [6.07, 6.45) is 1.04. The lowest BCUT2D eigenvalue weighted by atomic mass is 10.1. The summed E-state index contributed by atoms with van der Waals surface area (Å²) in [5.74, 6) is 0.415. The maximum atomic E-state index is 11.9. The highest BCUT2D eigenvalue weighted by Gasteiger charge is 2.20. The van der Waals surface area contributed by atoms with Crippen LogP contribution in [0.1, 0.15) is 6.42 Å². The maximum Gasteiger partial charge on any atom is 0.250 e. The standard InChI is InChI=1S/C9H13BrN2O2S2.ClH/c10-8-1-2-9(15-8)16(13,14)12-6-7-3-4-11-5-7;/h1-2,7,11-12H,3-6H2;1H. The third kappa shape index (κ3) is 4.18. The first-order valence-electron chi connectivity index (χ1n) is 5.03. The van der Waals surface area contributed by atoms with E-state index in [0.717, 1.165) is 23.3 Å². The predicted octanol–water partition coefficient (Wildman–Crippen LogP) is 1.82. The van der Waals surface area contributed by atoms with Crippen LogP contribution in [0.2, 0.25) is 0 Å². The number of thiophene rings is 1. The third-order valence-corrected chi connectivity index (χ3v) is 6.08. The van der Waals surface area contributed by atoms with Crippen molar-refractivity contribution in [3.05, 3.63) is 15.9 Å². The van der Waals surface area contributed by atoms with E-state index in [2.05, 4.69) is 26.0 Å². The van der Waals surface area contributed by atoms with Crippen molar-refractivity contribution in [1.29, 1.82) is 0 Å². The fourth-order valence-electron chi connectivity index (χ4n) is 1.63. The van der Waals surface area contributed by atoms with Gasteiger partial charge in [0.25, 0.3) is 0 Å². The lowest BCUT2D eigenvalue weighted by molar-refractivity contribution is 0.540. The fourth-order valence-corrected chi connectivity index (χ4v) is 4.80. The molecule has 17 heavy (non-hydrogen) atoms. The van der Waals surface area contributed by atoms with Gasteiger partial charge in [-0.05, 0) is 53.5 Å². The lowest BCUT2D eigenvalue weighted by Crippen LogP contribution is -2.29. The number of rotatable bonds is 4. The van der Waals surface area contributed by atoms with Crippen LogP contribution in [0.5, 0.6) is 0 Å². The topological polar surface area (TPSA) is 58.2 Å². The molecule has 2 heterocycles. The second-order valence-corrected chi connectivity index (χ2v) is 8.23. The minimum Gasteiger partial charge on any atom is -0.316 e. The molecule has 98 valence electrons. The summed E-state index contributed by atoms with van der Waals surface area (Å²) in [5, 5.41) is 3.21. The smallest absolute Gasteiger partial charge is 0.250 e. The summed E-state index contributed by atoms with van der Waals surface area (Å²) < 4.78 is 27.6. The quantitative estimate of drug-likeness (QED) is 0.860. The third-order valence-electron chi connectivity index (χ3n) is 2.54. The van der Waals surface area contributed by atoms with Gasteiger partial charge in [-0.25, -0.2) is 13.1 Å². The van der Waals surface area contributed by atoms with Crippen LogP contribution >= 0.6 is 39.7 Å². The maximum absolute atomic E-state index is 11.9. The van der Waals surface area contributed by atoms with Gasteiger partial charge in [0.1, 0.15) is 4.21 Å². The molecule has 0 spiro atoms. The molecular weight excluding hydrogens is 348 g/mol. The molecule has 0 aromatic carbocycles. The summed E-state index contributed by atoms with van der Waals surface area (Å²) >= 11 is 4.49. The molecule has 2 rings (SSSR count). The van der Waals surface area contributed by atoms with E-state index in [0.29, 0.717) is 16.7 Å². The van der Waals surface area contributed by atoms with Crippen LogP contribution in [-0.4, -0.2) is 28.1 Å². The van der Waals surface area contributed by atoms with Gasteiger partial charge in [-0.3, -0.25) is 0 Å². The van der Waals surface area contributed by atoms with Crippen molar-refractivity contribution in [2.45, 2.75) is 10.6 Å². The van der Waals surface area contributed by atoms with Crippen LogP contribution in [0.4, 0.5) is 0 Å². The zero-order chi connectivity index (χ0) is 11.6. The van der Waals surface area contributed by atoms with Gasteiger partial charge in [0.05, 0.1) is 3.79 Å². The minimum atomic E-state index is -3.32. The Balaban J connectivity index is 0.00000144. The molecule has 1 unspecified atom stereocenters. The van der Waals surface area contributed by atoms with Crippen molar-refractivity contribution in [2.75, 3.05) is 19.6 Å². The number of sulfonamides is 1. The van der Waals surface area contributed by atoms with E-state index in [9.17, 15) is 8.42 Å². The first-order chi connectivity index (χ1) is 7.58. The minimum absolute atomic E-state index is 0. The van der Waals surface area contributed by atoms with Crippen LogP contribution < -0.4 is 10.0 Å². The van der Waals surface area contributed by atoms with Crippen LogP contribution in [0.3, 0.4) is 0 Å². The first kappa shape index (κ1) is 15.4. The zero-order valence-electron chi connectivity index (χ0n) is 8.98. The molecule has 0 aliphatic carbocycles. The molecule has 2 N–H and O–H groups in total. The molecule has 1 aromatic rings. The Kier molecular flexibility index (Phi) is 5.88. The van der Waals surface area contributed by atoms with Gasteiger partial charge in [-0.1, -0.05) is 0 Å². The van der Waals surface area contributed by atoms with E-state index < -0.39 is 10.0 Å². The van der Waals surface area contributed by atoms with E-state index in [-0.39, 0.29) is 12.4 Å². The Morgan fingerprint density at radius 1 is 1.53 bits per heavy atom. The largest absolute Gasteiger partial charge is 0.316 e. The Bertz CT molecular complexity index is 457. The molecular formula is C9H14BrClN2O2S2. The van der Waals surface area contributed by atoms with Gasteiger partial charge in [0.2, 0.25) is 10.0 Å². The molecule has 8 heteroatoms. The van der Waals surface area contributed by atoms with Crippen molar-refractivity contribution in [3.8, 4) is 0 Å². The summed E-state index contributed by atoms with van der Waals surface area (Å²) in [5.41, 5.74) is 0. The van der Waals surface area contributed by atoms with Crippen LogP contribution in [0, 0.1) is 5.92 Å². The van der Waals surface area contributed by atoms with Crippen molar-refractivity contribution in [2.24, 2.45) is 5.92 Å². The predicted molar refractivity (Wildman–Crippen MR) is 75.4 cm³/mol. The van der Waals surface area contributed by atoms with Crippen LogP contribution in [-0.2, 0) is 10.0 Å². The summed E-state index contributed by atoms with van der Waals surface area (Å²) in [6.45, 7) is 2.40. The number of hydrogen-bond acceptors (Lipinski definition) is 4. The molecule has 1 saturated heterocycles. The van der Waals surface area contributed by atoms with Crippen molar-refractivity contribution >= 4 is 49.7 Å². The Morgan fingerprint density at radius 2 is 2.29 bits per heavy atom. The average molecular weight is 362 g/mol.